The van der Waals surface area contributed by atoms with E-state index in [9.17, 15) is 4.79 Å². The maximum Gasteiger partial charge on any atom is 0.174 e. The Kier molecular flexibility index (Phi) is 3.36. The lowest BCUT2D eigenvalue weighted by Crippen LogP contribution is -2.20. The third-order valence-corrected chi connectivity index (χ3v) is 2.07. The van der Waals surface area contributed by atoms with Crippen LogP contribution >= 0.6 is 12.4 Å². The number of benzene rings is 1. The number of methoxy groups -OCH3 is 1. The first-order chi connectivity index (χ1) is 6.31. The fraction of sp³-hybridized carbons (Fsp3) is 0.300. The van der Waals surface area contributed by atoms with Gasteiger partial charge in [-0.15, -0.1) is 12.4 Å². The van der Waals surface area contributed by atoms with Crippen molar-refractivity contribution in [1.82, 2.24) is 0 Å². The topological polar surface area (TPSA) is 35.5 Å². The van der Waals surface area contributed by atoms with Crippen molar-refractivity contribution in [3.05, 3.63) is 23.8 Å². The van der Waals surface area contributed by atoms with Gasteiger partial charge >= 0.3 is 0 Å². The van der Waals surface area contributed by atoms with Crippen molar-refractivity contribution >= 4 is 18.2 Å². The second-order valence-corrected chi connectivity index (χ2v) is 2.94. The Hall–Kier alpha value is -1.22. The zero-order valence-corrected chi connectivity index (χ0v) is 8.60. The van der Waals surface area contributed by atoms with Gasteiger partial charge in [-0.2, -0.15) is 0 Å². The number of ether oxygens (including phenoxy) is 2. The number of halogens is 1. The van der Waals surface area contributed by atoms with E-state index in [1.165, 1.54) is 0 Å². The van der Waals surface area contributed by atoms with Gasteiger partial charge in [-0.05, 0) is 12.1 Å². The molecule has 76 valence electrons. The van der Waals surface area contributed by atoms with Gasteiger partial charge in [0, 0.05) is 12.0 Å². The van der Waals surface area contributed by atoms with Crippen LogP contribution in [0.25, 0.3) is 0 Å². The minimum absolute atomic E-state index is 0. The molecule has 0 aliphatic carbocycles. The minimum Gasteiger partial charge on any atom is -0.496 e. The maximum absolute atomic E-state index is 11.1. The van der Waals surface area contributed by atoms with Gasteiger partial charge in [0.05, 0.1) is 7.11 Å². The van der Waals surface area contributed by atoms with Crippen molar-refractivity contribution in [1.29, 1.82) is 0 Å². The second-order valence-electron chi connectivity index (χ2n) is 2.94. The van der Waals surface area contributed by atoms with E-state index < -0.39 is 0 Å². The van der Waals surface area contributed by atoms with E-state index in [0.29, 0.717) is 6.42 Å². The average Bonchev–Trinajstić information content (AvgIpc) is 2.17. The summed E-state index contributed by atoms with van der Waals surface area (Å²) in [5.41, 5.74) is 0.862. The van der Waals surface area contributed by atoms with Gasteiger partial charge in [-0.25, -0.2) is 0 Å². The summed E-state index contributed by atoms with van der Waals surface area (Å²) in [5.74, 6) is 1.58. The van der Waals surface area contributed by atoms with E-state index >= 15 is 0 Å². The van der Waals surface area contributed by atoms with E-state index in [2.05, 4.69) is 0 Å². The number of hydrogen-bond acceptors (Lipinski definition) is 3. The first kappa shape index (κ1) is 10.9. The SMILES string of the molecule is COc1cccc2c1CC(=O)CO2.Cl. The Morgan fingerprint density at radius 1 is 1.43 bits per heavy atom. The van der Waals surface area contributed by atoms with Crippen LogP contribution in [0.2, 0.25) is 0 Å². The molecule has 0 amide bonds. The van der Waals surface area contributed by atoms with Gasteiger partial charge in [-0.1, -0.05) is 6.07 Å². The van der Waals surface area contributed by atoms with Crippen molar-refractivity contribution in [2.75, 3.05) is 13.7 Å². The third kappa shape index (κ3) is 1.82. The molecular weight excluding hydrogens is 204 g/mol. The molecule has 0 fully saturated rings. The van der Waals surface area contributed by atoms with Gasteiger partial charge < -0.3 is 9.47 Å². The van der Waals surface area contributed by atoms with Crippen LogP contribution in [-0.2, 0) is 11.2 Å². The van der Waals surface area contributed by atoms with E-state index in [1.807, 2.05) is 18.2 Å². The highest BCUT2D eigenvalue weighted by molar-refractivity contribution is 5.85. The van der Waals surface area contributed by atoms with E-state index in [1.54, 1.807) is 7.11 Å². The predicted octanol–water partition coefficient (Wildman–Crippen LogP) is 1.62. The Morgan fingerprint density at radius 3 is 2.93 bits per heavy atom. The van der Waals surface area contributed by atoms with Gasteiger partial charge in [0.2, 0.25) is 0 Å². The molecular formula is C10H11ClO3. The molecule has 14 heavy (non-hydrogen) atoms. The summed E-state index contributed by atoms with van der Waals surface area (Å²) < 4.78 is 10.4. The summed E-state index contributed by atoms with van der Waals surface area (Å²) in [4.78, 5) is 11.1. The molecule has 1 aliphatic rings. The Balaban J connectivity index is 0.000000980. The summed E-state index contributed by atoms with van der Waals surface area (Å²) in [6, 6.07) is 5.54. The summed E-state index contributed by atoms with van der Waals surface area (Å²) in [5, 5.41) is 0. The quantitative estimate of drug-likeness (QED) is 0.713. The predicted molar refractivity (Wildman–Crippen MR) is 54.4 cm³/mol. The van der Waals surface area contributed by atoms with Crippen molar-refractivity contribution in [2.45, 2.75) is 6.42 Å². The standard InChI is InChI=1S/C10H10O3.ClH/c1-12-9-3-2-4-10-8(9)5-7(11)6-13-10;/h2-4H,5-6H2,1H3;1H. The number of hydrogen-bond donors (Lipinski definition) is 0. The van der Waals surface area contributed by atoms with E-state index in [0.717, 1.165) is 17.1 Å². The van der Waals surface area contributed by atoms with Crippen LogP contribution in [0.15, 0.2) is 18.2 Å². The lowest BCUT2D eigenvalue weighted by Gasteiger charge is -2.18. The number of carbonyl (C=O) groups excluding carboxylic acids is 1. The Bertz CT molecular complexity index is 335. The summed E-state index contributed by atoms with van der Waals surface area (Å²) in [6.45, 7) is 0.181. The van der Waals surface area contributed by atoms with Crippen molar-refractivity contribution in [3.8, 4) is 11.5 Å². The number of rotatable bonds is 1. The van der Waals surface area contributed by atoms with Crippen LogP contribution in [0, 0.1) is 0 Å². The highest BCUT2D eigenvalue weighted by Gasteiger charge is 2.19. The Morgan fingerprint density at radius 2 is 2.21 bits per heavy atom. The lowest BCUT2D eigenvalue weighted by atomic mass is 10.0. The fourth-order valence-corrected chi connectivity index (χ4v) is 1.45. The molecule has 0 saturated carbocycles. The Labute approximate surface area is 88.4 Å². The fourth-order valence-electron chi connectivity index (χ4n) is 1.45. The largest absolute Gasteiger partial charge is 0.496 e. The smallest absolute Gasteiger partial charge is 0.174 e. The van der Waals surface area contributed by atoms with Crippen LogP contribution in [0.4, 0.5) is 0 Å². The van der Waals surface area contributed by atoms with Crippen LogP contribution < -0.4 is 9.47 Å². The molecule has 1 aromatic carbocycles. The van der Waals surface area contributed by atoms with Gasteiger partial charge in [-0.3, -0.25) is 4.79 Å². The van der Waals surface area contributed by atoms with Gasteiger partial charge in [0.15, 0.2) is 5.78 Å². The van der Waals surface area contributed by atoms with Crippen LogP contribution in [-0.4, -0.2) is 19.5 Å². The normalized spacial score (nSPS) is 13.6. The van der Waals surface area contributed by atoms with Crippen LogP contribution in [0.5, 0.6) is 11.5 Å². The average molecular weight is 215 g/mol. The first-order valence-electron chi connectivity index (χ1n) is 4.11. The number of ketones is 1. The molecule has 1 heterocycles. The van der Waals surface area contributed by atoms with E-state index in [4.69, 9.17) is 9.47 Å². The third-order valence-electron chi connectivity index (χ3n) is 2.07. The molecule has 4 heteroatoms. The zero-order valence-electron chi connectivity index (χ0n) is 7.78. The molecule has 0 unspecified atom stereocenters. The van der Waals surface area contributed by atoms with Crippen molar-refractivity contribution < 1.29 is 14.3 Å². The molecule has 0 atom stereocenters. The van der Waals surface area contributed by atoms with Crippen LogP contribution in [0.3, 0.4) is 0 Å². The second kappa shape index (κ2) is 4.33. The lowest BCUT2D eigenvalue weighted by molar-refractivity contribution is -0.121. The molecule has 0 aromatic heterocycles. The van der Waals surface area contributed by atoms with Crippen LogP contribution in [0.1, 0.15) is 5.56 Å². The molecule has 0 bridgehead atoms. The van der Waals surface area contributed by atoms with E-state index in [-0.39, 0.29) is 24.8 Å². The van der Waals surface area contributed by atoms with Crippen molar-refractivity contribution in [2.24, 2.45) is 0 Å². The molecule has 2 rings (SSSR count). The highest BCUT2D eigenvalue weighted by atomic mass is 35.5. The van der Waals surface area contributed by atoms with Gasteiger partial charge in [0.25, 0.3) is 0 Å². The summed E-state index contributed by atoms with van der Waals surface area (Å²) in [6.07, 6.45) is 0.416. The molecule has 0 radical (unpaired) electrons. The molecule has 3 nitrogen and oxygen atoms in total. The van der Waals surface area contributed by atoms with Gasteiger partial charge in [0.1, 0.15) is 18.1 Å². The highest BCUT2D eigenvalue weighted by Crippen LogP contribution is 2.31. The first-order valence-corrected chi connectivity index (χ1v) is 4.11. The molecule has 1 aromatic rings. The monoisotopic (exact) mass is 214 g/mol. The maximum atomic E-state index is 11.1. The number of carbonyl (C=O) groups is 1. The van der Waals surface area contributed by atoms with Crippen molar-refractivity contribution in [3.63, 3.8) is 0 Å². The minimum atomic E-state index is 0. The summed E-state index contributed by atoms with van der Waals surface area (Å²) in [7, 11) is 1.59. The summed E-state index contributed by atoms with van der Waals surface area (Å²) >= 11 is 0. The number of Topliss-reactive ketones (excluding diaryl/α,β-unsaturated/α-hetero) is 1. The number of fused-ring (bicyclic) bond motifs is 1. The molecule has 1 aliphatic heterocycles. The molecule has 0 saturated heterocycles. The zero-order chi connectivity index (χ0) is 9.26. The molecule has 0 spiro atoms. The molecule has 0 N–H and O–H groups in total.